The largest absolute Gasteiger partial charge is 0.493 e. The Hall–Kier alpha value is -5.56. The van der Waals surface area contributed by atoms with Gasteiger partial charge in [-0.25, -0.2) is 15.0 Å². The SMILES string of the molecule is CCOC(=O)C1=C(C)NC(=O)N[C@H]1c1ccc(OCC(=O)N/N=C\c2cc(Br)c(OCc3cccc4ccccc34)c(OC)c2)c(OC)c1. The summed E-state index contributed by atoms with van der Waals surface area (Å²) in [5.41, 5.74) is 5.34. The molecule has 49 heavy (non-hydrogen) atoms. The van der Waals surface area contributed by atoms with Crippen LogP contribution in [0.5, 0.6) is 23.0 Å². The van der Waals surface area contributed by atoms with E-state index in [1.165, 1.54) is 13.3 Å². The number of fused-ring (bicyclic) bond motifs is 1. The van der Waals surface area contributed by atoms with Crippen LogP contribution in [-0.2, 0) is 20.9 Å². The Morgan fingerprint density at radius 3 is 2.51 bits per heavy atom. The average molecular weight is 732 g/mol. The zero-order valence-electron chi connectivity index (χ0n) is 27.3. The molecule has 0 aromatic heterocycles. The number of benzene rings is 4. The Morgan fingerprint density at radius 1 is 0.959 bits per heavy atom. The molecule has 0 bridgehead atoms. The first kappa shape index (κ1) is 34.8. The molecule has 0 saturated carbocycles. The lowest BCUT2D eigenvalue weighted by atomic mass is 9.95. The lowest BCUT2D eigenvalue weighted by Crippen LogP contribution is -2.45. The number of nitrogens with zero attached hydrogens (tertiary/aromatic N) is 1. The minimum atomic E-state index is -0.781. The topological polar surface area (TPSA) is 146 Å². The second-order valence-electron chi connectivity index (χ2n) is 10.7. The lowest BCUT2D eigenvalue weighted by molar-refractivity contribution is -0.139. The number of esters is 1. The molecule has 1 aliphatic rings. The summed E-state index contributed by atoms with van der Waals surface area (Å²) in [6, 6.07) is 21.4. The molecule has 13 heteroatoms. The molecule has 0 radical (unpaired) electrons. The molecular weight excluding hydrogens is 696 g/mol. The summed E-state index contributed by atoms with van der Waals surface area (Å²) in [4.78, 5) is 37.4. The van der Waals surface area contributed by atoms with E-state index in [2.05, 4.69) is 55.3 Å². The summed E-state index contributed by atoms with van der Waals surface area (Å²) in [5, 5.41) is 11.6. The minimum Gasteiger partial charge on any atom is -0.493 e. The van der Waals surface area contributed by atoms with Crippen LogP contribution >= 0.6 is 15.9 Å². The average Bonchev–Trinajstić information content (AvgIpc) is 3.09. The van der Waals surface area contributed by atoms with Crippen molar-refractivity contribution in [1.29, 1.82) is 0 Å². The fourth-order valence-electron chi connectivity index (χ4n) is 5.28. The highest BCUT2D eigenvalue weighted by atomic mass is 79.9. The van der Waals surface area contributed by atoms with E-state index in [1.807, 2.05) is 24.3 Å². The van der Waals surface area contributed by atoms with Gasteiger partial charge in [0, 0.05) is 5.70 Å². The van der Waals surface area contributed by atoms with Crippen molar-refractivity contribution < 1.29 is 38.1 Å². The molecule has 5 rings (SSSR count). The zero-order valence-corrected chi connectivity index (χ0v) is 28.9. The number of nitrogens with one attached hydrogen (secondary N) is 3. The van der Waals surface area contributed by atoms with Crippen molar-refractivity contribution in [2.75, 3.05) is 27.4 Å². The van der Waals surface area contributed by atoms with Crippen molar-refractivity contribution in [3.05, 3.63) is 105 Å². The fourth-order valence-corrected chi connectivity index (χ4v) is 5.86. The first-order chi connectivity index (χ1) is 23.7. The van der Waals surface area contributed by atoms with E-state index in [-0.39, 0.29) is 24.5 Å². The number of carbonyl (C=O) groups is 3. The summed E-state index contributed by atoms with van der Waals surface area (Å²) < 4.78 is 28.8. The van der Waals surface area contributed by atoms with Gasteiger partial charge in [-0.3, -0.25) is 4.79 Å². The number of rotatable bonds is 13. The monoisotopic (exact) mass is 730 g/mol. The third-order valence-electron chi connectivity index (χ3n) is 7.55. The zero-order chi connectivity index (χ0) is 34.9. The van der Waals surface area contributed by atoms with E-state index in [0.29, 0.717) is 45.2 Å². The Morgan fingerprint density at radius 2 is 1.73 bits per heavy atom. The maximum atomic E-state index is 12.7. The van der Waals surface area contributed by atoms with Crippen molar-refractivity contribution in [3.63, 3.8) is 0 Å². The number of urea groups is 1. The highest BCUT2D eigenvalue weighted by Gasteiger charge is 2.32. The normalized spacial score (nSPS) is 14.2. The van der Waals surface area contributed by atoms with Crippen molar-refractivity contribution in [1.82, 2.24) is 16.1 Å². The number of amides is 3. The molecule has 0 aliphatic carbocycles. The van der Waals surface area contributed by atoms with Gasteiger partial charge in [0.05, 0.1) is 43.1 Å². The smallest absolute Gasteiger partial charge is 0.338 e. The third kappa shape index (κ3) is 8.30. The van der Waals surface area contributed by atoms with Crippen LogP contribution in [0.2, 0.25) is 0 Å². The highest BCUT2D eigenvalue weighted by Crippen LogP contribution is 2.38. The number of halogens is 1. The molecule has 0 fully saturated rings. The number of hydrazone groups is 1. The summed E-state index contributed by atoms with van der Waals surface area (Å²) in [7, 11) is 2.99. The van der Waals surface area contributed by atoms with Crippen LogP contribution < -0.4 is 35.0 Å². The summed E-state index contributed by atoms with van der Waals surface area (Å²) >= 11 is 3.57. The molecule has 12 nitrogen and oxygen atoms in total. The third-order valence-corrected chi connectivity index (χ3v) is 8.14. The van der Waals surface area contributed by atoms with Crippen molar-refractivity contribution in [2.45, 2.75) is 26.5 Å². The molecule has 1 aliphatic heterocycles. The molecule has 1 heterocycles. The predicted molar refractivity (Wildman–Crippen MR) is 187 cm³/mol. The quantitative estimate of drug-likeness (QED) is 0.0874. The van der Waals surface area contributed by atoms with Crippen molar-refractivity contribution in [3.8, 4) is 23.0 Å². The van der Waals surface area contributed by atoms with Gasteiger partial charge in [-0.1, -0.05) is 48.5 Å². The number of carbonyl (C=O) groups excluding carboxylic acids is 3. The maximum absolute atomic E-state index is 12.7. The van der Waals surface area contributed by atoms with Gasteiger partial charge in [0.1, 0.15) is 6.61 Å². The van der Waals surface area contributed by atoms with Crippen LogP contribution in [0.3, 0.4) is 0 Å². The molecule has 1 atom stereocenters. The van der Waals surface area contributed by atoms with E-state index < -0.39 is 23.9 Å². The standard InChI is InChI=1S/C36H35BrN4O8/c1-5-47-35(43)32-21(2)39-36(44)40-33(32)24-13-14-28(29(17-24)45-3)48-20-31(42)41-38-18-22-15-27(37)34(30(16-22)46-4)49-19-25-11-8-10-23-9-6-7-12-26(23)25/h6-18,33H,5,19-20H2,1-4H3,(H,41,42)(H2,39,40,44)/b38-18-/t33-/m0/s1. The van der Waals surface area contributed by atoms with Gasteiger partial charge >= 0.3 is 12.0 Å². The van der Waals surface area contributed by atoms with Crippen LogP contribution in [0.25, 0.3) is 10.8 Å². The van der Waals surface area contributed by atoms with Crippen LogP contribution in [0.15, 0.2) is 93.6 Å². The molecule has 0 saturated heterocycles. The molecule has 3 amide bonds. The van der Waals surface area contributed by atoms with Gasteiger partial charge in [0.2, 0.25) is 0 Å². The molecule has 0 unspecified atom stereocenters. The van der Waals surface area contributed by atoms with Gasteiger partial charge in [0.25, 0.3) is 5.91 Å². The van der Waals surface area contributed by atoms with Gasteiger partial charge in [-0.2, -0.15) is 5.10 Å². The van der Waals surface area contributed by atoms with Crippen LogP contribution in [0.1, 0.15) is 36.6 Å². The number of methoxy groups -OCH3 is 2. The first-order valence-electron chi connectivity index (χ1n) is 15.3. The van der Waals surface area contributed by atoms with Gasteiger partial charge in [-0.15, -0.1) is 0 Å². The first-order valence-corrected chi connectivity index (χ1v) is 16.1. The van der Waals surface area contributed by atoms with E-state index >= 15 is 0 Å². The Labute approximate surface area is 291 Å². The van der Waals surface area contributed by atoms with Gasteiger partial charge < -0.3 is 34.3 Å². The molecule has 254 valence electrons. The van der Waals surface area contributed by atoms with Crippen molar-refractivity contribution >= 4 is 50.8 Å². The summed E-state index contributed by atoms with van der Waals surface area (Å²) in [6.45, 7) is 3.48. The Balaban J connectivity index is 1.20. The van der Waals surface area contributed by atoms with Crippen LogP contribution in [-0.4, -0.2) is 51.6 Å². The molecule has 0 spiro atoms. The van der Waals surface area contributed by atoms with Crippen LogP contribution in [0, 0.1) is 0 Å². The summed E-state index contributed by atoms with van der Waals surface area (Å²) in [6.07, 6.45) is 1.47. The second kappa shape index (κ2) is 16.0. The highest BCUT2D eigenvalue weighted by molar-refractivity contribution is 9.10. The number of ether oxygens (including phenoxy) is 5. The molecule has 3 N–H and O–H groups in total. The number of allylic oxidation sites excluding steroid dienone is 1. The maximum Gasteiger partial charge on any atom is 0.338 e. The number of hydrogen-bond donors (Lipinski definition) is 3. The number of hydrogen-bond acceptors (Lipinski definition) is 9. The second-order valence-corrected chi connectivity index (χ2v) is 11.6. The van der Waals surface area contributed by atoms with E-state index in [4.69, 9.17) is 23.7 Å². The Bertz CT molecular complexity index is 1940. The van der Waals surface area contributed by atoms with E-state index in [9.17, 15) is 14.4 Å². The van der Waals surface area contributed by atoms with Crippen LogP contribution in [0.4, 0.5) is 4.79 Å². The molecule has 4 aromatic carbocycles. The summed E-state index contributed by atoms with van der Waals surface area (Å²) in [5.74, 6) is 0.526. The lowest BCUT2D eigenvalue weighted by Gasteiger charge is -2.28. The van der Waals surface area contributed by atoms with E-state index in [0.717, 1.165) is 16.3 Å². The van der Waals surface area contributed by atoms with Crippen molar-refractivity contribution in [2.24, 2.45) is 5.10 Å². The Kier molecular flexibility index (Phi) is 11.4. The van der Waals surface area contributed by atoms with Gasteiger partial charge in [0.15, 0.2) is 29.6 Å². The molecule has 4 aromatic rings. The minimum absolute atomic E-state index is 0.179. The van der Waals surface area contributed by atoms with E-state index in [1.54, 1.807) is 51.3 Å². The van der Waals surface area contributed by atoms with Gasteiger partial charge in [-0.05, 0) is 81.5 Å². The molecular formula is C36H35BrN4O8. The predicted octanol–water partition coefficient (Wildman–Crippen LogP) is 5.92. The fraction of sp³-hybridized carbons (Fsp3) is 0.222.